The van der Waals surface area contributed by atoms with E-state index in [4.69, 9.17) is 31.7 Å². The summed E-state index contributed by atoms with van der Waals surface area (Å²) in [5, 5.41) is 11.2. The van der Waals surface area contributed by atoms with Gasteiger partial charge >= 0.3 is 0 Å². The topological polar surface area (TPSA) is 98.1 Å². The maximum Gasteiger partial charge on any atom is 0.159 e. The van der Waals surface area contributed by atoms with Gasteiger partial charge in [-0.05, 0) is 219 Å². The summed E-state index contributed by atoms with van der Waals surface area (Å²) in [6, 6.07) is 83.6. The van der Waals surface area contributed by atoms with Crippen LogP contribution in [-0.2, 0) is 0 Å². The molecule has 0 spiro atoms. The van der Waals surface area contributed by atoms with Crippen molar-refractivity contribution in [3.8, 4) is 0 Å². The number of nitrogens with zero attached hydrogens (tertiary/aromatic N) is 10. The number of aryl methyl sites for hydroxylation is 5. The van der Waals surface area contributed by atoms with Gasteiger partial charge in [-0.3, -0.25) is 0 Å². The first-order valence-electron chi connectivity index (χ1n) is 47.0. The zero-order valence-electron chi connectivity index (χ0n) is 81.5. The van der Waals surface area contributed by atoms with Gasteiger partial charge in [0, 0.05) is 114 Å². The Hall–Kier alpha value is -13.7. The lowest BCUT2D eigenvalue weighted by Gasteiger charge is -2.33. The predicted octanol–water partition coefficient (Wildman–Crippen LogP) is 29.5. The summed E-state index contributed by atoms with van der Waals surface area (Å²) in [5.74, 6) is 0. The van der Waals surface area contributed by atoms with Gasteiger partial charge in [-0.1, -0.05) is 188 Å². The van der Waals surface area contributed by atoms with Crippen LogP contribution in [0.2, 0.25) is 0 Å². The molecule has 0 amide bonds. The van der Waals surface area contributed by atoms with Crippen LogP contribution >= 0.6 is 0 Å². The summed E-state index contributed by atoms with van der Waals surface area (Å²) in [6.45, 7) is 34.2. The standard InChI is InChI=1S/2C24H24N2O.C22H20N2O.2C20H22N2O/c2*1-15(2)25-17(4)26(21-11-7-6-10-20(21)25)23-16(3)13-14-19-18-9-5-8-12-22(18)27-24(19)23;1-14-12-13-17-16-8-4-7-11-20(16)25-22(17)21(14)24-15(2)23(3)18-9-5-6-10-19(18)24;2*1-13(2)21-11-12-22(15(21)4)19-14(3)9-10-17-16-7-5-6-8-18(16)23-20(17)19/h2*5-15,17H,1-4H3;4-13,15H,1-3H3;2*5-13,15H,1-4H3/i2*15D;3D3;2*13D. The molecule has 18 aromatic rings. The summed E-state index contributed by atoms with van der Waals surface area (Å²) in [5.41, 5.74) is 25.8. The molecule has 0 N–H and O–H groups in total. The molecule has 0 radical (unpaired) electrons. The van der Waals surface area contributed by atoms with Crippen LogP contribution in [0.1, 0.15) is 127 Å². The molecule has 0 saturated carbocycles. The molecule has 0 bridgehead atoms. The predicted molar refractivity (Wildman–Crippen MR) is 526 cm³/mol. The van der Waals surface area contributed by atoms with Gasteiger partial charge in [0.2, 0.25) is 0 Å². The minimum Gasteiger partial charge on any atom is -0.454 e. The minimum absolute atomic E-state index is 0.00223. The lowest BCUT2D eigenvalue weighted by molar-refractivity contribution is 0.263. The zero-order valence-corrected chi connectivity index (χ0v) is 74.5. The highest BCUT2D eigenvalue weighted by molar-refractivity contribution is 6.15. The number of hydrogen-bond donors (Lipinski definition) is 0. The molecule has 15 nitrogen and oxygen atoms in total. The average molecular weight is 1660 g/mol. The van der Waals surface area contributed by atoms with Crippen LogP contribution in [0.15, 0.2) is 302 Å². The van der Waals surface area contributed by atoms with Crippen molar-refractivity contribution in [1.82, 2.24) is 9.80 Å². The number of rotatable bonds is 9. The van der Waals surface area contributed by atoms with E-state index < -0.39 is 31.0 Å². The summed E-state index contributed by atoms with van der Waals surface area (Å²) in [4.78, 5) is 21.1. The van der Waals surface area contributed by atoms with Crippen LogP contribution in [0.4, 0.5) is 62.6 Å². The first-order chi connectivity index (χ1) is 62.9. The van der Waals surface area contributed by atoms with Crippen molar-refractivity contribution >= 4 is 172 Å². The van der Waals surface area contributed by atoms with Gasteiger partial charge in [0.1, 0.15) is 58.7 Å². The highest BCUT2D eigenvalue weighted by Gasteiger charge is 2.41. The molecule has 125 heavy (non-hydrogen) atoms. The van der Waals surface area contributed by atoms with E-state index in [-0.39, 0.29) is 30.8 Å². The van der Waals surface area contributed by atoms with Gasteiger partial charge in [-0.15, -0.1) is 0 Å². The molecule has 10 heterocycles. The molecule has 5 atom stereocenters. The van der Waals surface area contributed by atoms with Crippen molar-refractivity contribution in [2.45, 2.75) is 180 Å². The Morgan fingerprint density at radius 2 is 0.488 bits per heavy atom. The molecule has 23 rings (SSSR count). The molecule has 5 unspecified atom stereocenters. The molecule has 0 saturated heterocycles. The van der Waals surface area contributed by atoms with Gasteiger partial charge in [0.15, 0.2) is 27.9 Å². The number of hydrogen-bond acceptors (Lipinski definition) is 15. The van der Waals surface area contributed by atoms with Crippen LogP contribution in [0.3, 0.4) is 0 Å². The highest BCUT2D eigenvalue weighted by Crippen LogP contribution is 2.54. The molecular formula is C110H112N10O5. The van der Waals surface area contributed by atoms with E-state index >= 15 is 0 Å². The lowest BCUT2D eigenvalue weighted by Crippen LogP contribution is -2.42. The van der Waals surface area contributed by atoms with Crippen molar-refractivity contribution in [2.24, 2.45) is 0 Å². The molecule has 5 aliphatic rings. The van der Waals surface area contributed by atoms with E-state index in [1.165, 1.54) is 16.0 Å². The van der Waals surface area contributed by atoms with E-state index in [1.807, 2.05) is 207 Å². The Bertz CT molecular complexity index is 6970. The third kappa shape index (κ3) is 13.5. The largest absolute Gasteiger partial charge is 0.454 e. The van der Waals surface area contributed by atoms with E-state index in [9.17, 15) is 0 Å². The molecule has 5 aromatic heterocycles. The number of para-hydroxylation sites is 11. The molecule has 0 fully saturated rings. The quantitative estimate of drug-likeness (QED) is 0.137. The van der Waals surface area contributed by atoms with Crippen molar-refractivity contribution in [3.05, 3.63) is 307 Å². The summed E-state index contributed by atoms with van der Waals surface area (Å²) in [7, 11) is 0. The second kappa shape index (κ2) is 32.2. The zero-order chi connectivity index (χ0) is 93.0. The first-order valence-corrected chi connectivity index (χ1v) is 43.5. The van der Waals surface area contributed by atoms with Gasteiger partial charge in [0.05, 0.1) is 68.0 Å². The van der Waals surface area contributed by atoms with Gasteiger partial charge in [-0.25, -0.2) is 0 Å². The number of fused-ring (bicyclic) bond motifs is 18. The SMILES string of the molecule is [2H]C(C)(C)N1C=CN(c2c(C)ccc3c2oc2ccccc23)C1C.[2H]C(C)(C)N1C=CN(c2c(C)ccc3c2oc2ccccc23)C1C.[2H]C(C)(C)N1c2ccccc2N(c2c(C)ccc3c2oc2ccccc23)C1C.[2H]C(C)(C)N1c2ccccc2N(c2c(C)ccc3c2oc2ccccc23)C1C.[2H]C([2H])([2H])N1c2ccccc2N(c2c(C)ccc3c2oc2ccccc23)C1C. The Kier molecular flexibility index (Phi) is 18.8. The normalized spacial score (nSPS) is 18.5. The van der Waals surface area contributed by atoms with Gasteiger partial charge in [-0.2, -0.15) is 0 Å². The van der Waals surface area contributed by atoms with E-state index in [2.05, 4.69) is 242 Å². The Labute approximate surface area is 742 Å². The Morgan fingerprint density at radius 1 is 0.248 bits per heavy atom. The average Bonchev–Trinajstić information content (AvgIpc) is 1.57. The van der Waals surface area contributed by atoms with Crippen molar-refractivity contribution in [3.63, 3.8) is 0 Å². The summed E-state index contributed by atoms with van der Waals surface area (Å²) >= 11 is 0. The Morgan fingerprint density at radius 3 is 0.760 bits per heavy atom. The molecule has 5 aliphatic heterocycles. The minimum atomic E-state index is -2.24. The van der Waals surface area contributed by atoms with Crippen LogP contribution in [0, 0.1) is 34.6 Å². The molecular weight excluding hydrogens is 1540 g/mol. The van der Waals surface area contributed by atoms with Crippen molar-refractivity contribution < 1.29 is 31.7 Å². The van der Waals surface area contributed by atoms with Crippen molar-refractivity contribution in [2.75, 3.05) is 46.2 Å². The fourth-order valence-corrected chi connectivity index (χ4v) is 19.8. The van der Waals surface area contributed by atoms with Crippen LogP contribution in [-0.4, -0.2) is 71.7 Å². The van der Waals surface area contributed by atoms with Crippen LogP contribution in [0.25, 0.3) is 110 Å². The number of anilines is 11. The van der Waals surface area contributed by atoms with Gasteiger partial charge in [0.25, 0.3) is 0 Å². The molecule has 13 aromatic carbocycles. The Balaban J connectivity index is 0.000000107. The summed E-state index contributed by atoms with van der Waals surface area (Å²) < 4.78 is 89.7. The first kappa shape index (κ1) is 72.9. The summed E-state index contributed by atoms with van der Waals surface area (Å²) in [6.07, 6.45) is 7.86. The highest BCUT2D eigenvalue weighted by atomic mass is 16.3. The number of benzene rings is 13. The van der Waals surface area contributed by atoms with Crippen LogP contribution < -0.4 is 39.2 Å². The van der Waals surface area contributed by atoms with E-state index in [0.29, 0.717) is 5.69 Å². The van der Waals surface area contributed by atoms with E-state index in [1.54, 1.807) is 0 Å². The number of furan rings is 5. The third-order valence-corrected chi connectivity index (χ3v) is 25.7. The van der Waals surface area contributed by atoms with Crippen LogP contribution in [0.5, 0.6) is 0 Å². The fraction of sp³-hybridized carbons (Fsp3) is 0.255. The monoisotopic (exact) mass is 1660 g/mol. The van der Waals surface area contributed by atoms with E-state index in [0.717, 1.165) is 183 Å². The third-order valence-electron chi connectivity index (χ3n) is 25.7. The second-order valence-corrected chi connectivity index (χ2v) is 34.4. The van der Waals surface area contributed by atoms with Gasteiger partial charge < -0.3 is 71.1 Å². The maximum absolute atomic E-state index is 8.72. The lowest BCUT2D eigenvalue weighted by atomic mass is 10.1. The smallest absolute Gasteiger partial charge is 0.159 e. The van der Waals surface area contributed by atoms with Crippen molar-refractivity contribution in [1.29, 1.82) is 0 Å². The fourth-order valence-electron chi connectivity index (χ4n) is 19.8. The maximum atomic E-state index is 8.72. The molecule has 632 valence electrons. The molecule has 0 aliphatic carbocycles. The molecule has 15 heteroatoms. The second-order valence-electron chi connectivity index (χ2n) is 34.4.